The molecule has 1 aliphatic rings. The lowest BCUT2D eigenvalue weighted by atomic mass is 9.85. The number of thiophene rings is 1. The maximum atomic E-state index is 12.8. The summed E-state index contributed by atoms with van der Waals surface area (Å²) in [6, 6.07) is 1.62. The fourth-order valence-electron chi connectivity index (χ4n) is 2.93. The van der Waals surface area contributed by atoms with Gasteiger partial charge in [-0.2, -0.15) is 0 Å². The van der Waals surface area contributed by atoms with Crippen LogP contribution >= 0.6 is 27.3 Å². The van der Waals surface area contributed by atoms with Gasteiger partial charge in [-0.1, -0.05) is 20.8 Å². The van der Waals surface area contributed by atoms with Crippen molar-refractivity contribution in [2.75, 3.05) is 0 Å². The summed E-state index contributed by atoms with van der Waals surface area (Å²) in [5.41, 5.74) is -0.723. The molecule has 0 saturated carbocycles. The second-order valence-electron chi connectivity index (χ2n) is 5.33. The van der Waals surface area contributed by atoms with E-state index in [1.165, 1.54) is 0 Å². The third-order valence-electron chi connectivity index (χ3n) is 4.32. The van der Waals surface area contributed by atoms with E-state index in [9.17, 15) is 9.59 Å². The zero-order chi connectivity index (χ0) is 15.6. The average Bonchev–Trinajstić information content (AvgIpc) is 2.89. The molecule has 0 bridgehead atoms. The van der Waals surface area contributed by atoms with Crippen LogP contribution in [0, 0.1) is 0 Å². The van der Waals surface area contributed by atoms with Gasteiger partial charge in [-0.15, -0.1) is 11.3 Å². The predicted octanol–water partition coefficient (Wildman–Crippen LogP) is 3.31. The molecule has 1 saturated heterocycles. The van der Waals surface area contributed by atoms with Gasteiger partial charge in [-0.05, 0) is 41.3 Å². The zero-order valence-corrected chi connectivity index (χ0v) is 15.0. The van der Waals surface area contributed by atoms with Crippen LogP contribution in [0.5, 0.6) is 0 Å². The minimum absolute atomic E-state index is 0.0189. The van der Waals surface area contributed by atoms with Crippen LogP contribution in [0.15, 0.2) is 15.9 Å². The third-order valence-corrected chi connectivity index (χ3v) is 6.00. The van der Waals surface area contributed by atoms with Crippen molar-refractivity contribution >= 4 is 39.1 Å². The van der Waals surface area contributed by atoms with Gasteiger partial charge >= 0.3 is 0 Å². The molecule has 116 valence electrons. The van der Waals surface area contributed by atoms with E-state index in [0.29, 0.717) is 25.8 Å². The van der Waals surface area contributed by atoms with Crippen molar-refractivity contribution in [1.29, 1.82) is 0 Å². The Balaban J connectivity index is 2.37. The summed E-state index contributed by atoms with van der Waals surface area (Å²) in [6.45, 7) is 6.37. The minimum atomic E-state index is -0.723. The van der Waals surface area contributed by atoms with E-state index in [4.69, 9.17) is 0 Å². The van der Waals surface area contributed by atoms with Gasteiger partial charge in [-0.3, -0.25) is 9.59 Å². The van der Waals surface area contributed by atoms with Gasteiger partial charge in [0, 0.05) is 14.7 Å². The van der Waals surface area contributed by atoms with Crippen molar-refractivity contribution < 1.29 is 9.59 Å². The van der Waals surface area contributed by atoms with Crippen LogP contribution in [0.25, 0.3) is 0 Å². The molecule has 6 heteroatoms. The summed E-state index contributed by atoms with van der Waals surface area (Å²) in [7, 11) is 0. The van der Waals surface area contributed by atoms with Crippen molar-refractivity contribution in [2.24, 2.45) is 0 Å². The van der Waals surface area contributed by atoms with Crippen molar-refractivity contribution in [3.05, 3.63) is 20.8 Å². The van der Waals surface area contributed by atoms with Gasteiger partial charge < -0.3 is 10.2 Å². The maximum absolute atomic E-state index is 12.8. The molecule has 1 fully saturated rings. The number of amides is 2. The number of carbonyl (C=O) groups excluding carboxylic acids is 2. The molecular formula is C15H21BrN2O2S. The number of piperazine rings is 1. The lowest BCUT2D eigenvalue weighted by molar-refractivity contribution is -0.159. The highest BCUT2D eigenvalue weighted by molar-refractivity contribution is 9.10. The maximum Gasteiger partial charge on any atom is 0.246 e. The number of carbonyl (C=O) groups is 2. The number of hydrogen-bond donors (Lipinski definition) is 1. The van der Waals surface area contributed by atoms with E-state index in [-0.39, 0.29) is 11.8 Å². The third kappa shape index (κ3) is 2.88. The Kier molecular flexibility index (Phi) is 5.09. The van der Waals surface area contributed by atoms with Crippen LogP contribution in [0.2, 0.25) is 0 Å². The highest BCUT2D eigenvalue weighted by Gasteiger charge is 2.49. The summed E-state index contributed by atoms with van der Waals surface area (Å²) in [5, 5.41) is 4.89. The minimum Gasteiger partial charge on any atom is -0.342 e. The molecule has 1 aromatic rings. The molecule has 0 aliphatic carbocycles. The Bertz CT molecular complexity index is 540. The molecule has 2 rings (SSSR count). The smallest absolute Gasteiger partial charge is 0.246 e. The second-order valence-corrected chi connectivity index (χ2v) is 7.24. The first-order valence-electron chi connectivity index (χ1n) is 7.33. The van der Waals surface area contributed by atoms with Crippen LogP contribution in [0.4, 0.5) is 0 Å². The van der Waals surface area contributed by atoms with Crippen LogP contribution in [0.3, 0.4) is 0 Å². The standard InChI is InChI=1S/C15H21BrN2O2S/c1-4-12-13(19)18(8-11-7-10(16)9-21-11)15(5-2,6-3)14(20)17-12/h7,9,12H,4-6,8H2,1-3H3,(H,17,20). The van der Waals surface area contributed by atoms with E-state index in [1.54, 1.807) is 16.2 Å². The number of rotatable bonds is 5. The van der Waals surface area contributed by atoms with Crippen LogP contribution in [-0.2, 0) is 16.1 Å². The van der Waals surface area contributed by atoms with Crippen molar-refractivity contribution in [3.63, 3.8) is 0 Å². The topological polar surface area (TPSA) is 49.4 Å². The molecule has 21 heavy (non-hydrogen) atoms. The SMILES string of the molecule is CCC1NC(=O)C(CC)(CC)N(Cc2cc(Br)cs2)C1=O. The predicted molar refractivity (Wildman–Crippen MR) is 88.1 cm³/mol. The van der Waals surface area contributed by atoms with Gasteiger partial charge in [0.15, 0.2) is 0 Å². The number of nitrogens with zero attached hydrogens (tertiary/aromatic N) is 1. The Labute approximate surface area is 138 Å². The van der Waals surface area contributed by atoms with Gasteiger partial charge in [0.05, 0.1) is 6.54 Å². The molecule has 1 unspecified atom stereocenters. The fourth-order valence-corrected chi connectivity index (χ4v) is 4.37. The lowest BCUT2D eigenvalue weighted by Gasteiger charge is -2.47. The van der Waals surface area contributed by atoms with E-state index >= 15 is 0 Å². The monoisotopic (exact) mass is 372 g/mol. The molecule has 0 radical (unpaired) electrons. The van der Waals surface area contributed by atoms with Crippen molar-refractivity contribution in [1.82, 2.24) is 10.2 Å². The fraction of sp³-hybridized carbons (Fsp3) is 0.600. The van der Waals surface area contributed by atoms with Gasteiger partial charge in [0.1, 0.15) is 11.6 Å². The zero-order valence-electron chi connectivity index (χ0n) is 12.6. The summed E-state index contributed by atoms with van der Waals surface area (Å²) in [6.07, 6.45) is 1.88. The summed E-state index contributed by atoms with van der Waals surface area (Å²) >= 11 is 5.04. The molecule has 0 aromatic carbocycles. The second kappa shape index (κ2) is 6.48. The molecule has 2 amide bonds. The highest BCUT2D eigenvalue weighted by atomic mass is 79.9. The number of nitrogens with one attached hydrogen (secondary N) is 1. The average molecular weight is 373 g/mol. The normalized spacial score (nSPS) is 21.5. The number of hydrogen-bond acceptors (Lipinski definition) is 3. The molecular weight excluding hydrogens is 352 g/mol. The first kappa shape index (κ1) is 16.5. The van der Waals surface area contributed by atoms with E-state index in [1.807, 2.05) is 32.2 Å². The molecule has 0 spiro atoms. The molecule has 4 nitrogen and oxygen atoms in total. The van der Waals surface area contributed by atoms with Crippen LogP contribution < -0.4 is 5.32 Å². The van der Waals surface area contributed by atoms with E-state index in [0.717, 1.165) is 9.35 Å². The van der Waals surface area contributed by atoms with Gasteiger partial charge in [0.25, 0.3) is 0 Å². The van der Waals surface area contributed by atoms with Gasteiger partial charge in [0.2, 0.25) is 11.8 Å². The highest BCUT2D eigenvalue weighted by Crippen LogP contribution is 2.32. The first-order valence-corrected chi connectivity index (χ1v) is 9.01. The Morgan fingerprint density at radius 2 is 2.00 bits per heavy atom. The van der Waals surface area contributed by atoms with E-state index in [2.05, 4.69) is 21.2 Å². The van der Waals surface area contributed by atoms with Crippen LogP contribution in [-0.4, -0.2) is 28.3 Å². The lowest BCUT2D eigenvalue weighted by Crippen LogP contribution is -2.69. The van der Waals surface area contributed by atoms with Crippen LogP contribution in [0.1, 0.15) is 44.9 Å². The Morgan fingerprint density at radius 1 is 1.33 bits per heavy atom. The summed E-state index contributed by atoms with van der Waals surface area (Å²) in [5.74, 6) is 0.0138. The molecule has 1 N–H and O–H groups in total. The summed E-state index contributed by atoms with van der Waals surface area (Å²) in [4.78, 5) is 28.2. The Hall–Kier alpha value is -0.880. The van der Waals surface area contributed by atoms with E-state index < -0.39 is 11.6 Å². The summed E-state index contributed by atoms with van der Waals surface area (Å²) < 4.78 is 1.02. The quantitative estimate of drug-likeness (QED) is 0.861. The molecule has 1 atom stereocenters. The molecule has 1 aliphatic heterocycles. The largest absolute Gasteiger partial charge is 0.342 e. The van der Waals surface area contributed by atoms with Gasteiger partial charge in [-0.25, -0.2) is 0 Å². The molecule has 2 heterocycles. The van der Waals surface area contributed by atoms with Crippen molar-refractivity contribution in [2.45, 2.75) is 58.2 Å². The molecule has 1 aromatic heterocycles. The first-order chi connectivity index (χ1) is 9.98. The number of halogens is 1. The van der Waals surface area contributed by atoms with Crippen molar-refractivity contribution in [3.8, 4) is 0 Å². The Morgan fingerprint density at radius 3 is 2.48 bits per heavy atom.